The summed E-state index contributed by atoms with van der Waals surface area (Å²) in [5.41, 5.74) is 1.15. The van der Waals surface area contributed by atoms with Crippen LogP contribution in [0.15, 0.2) is 72.8 Å². The molecule has 0 unspecified atom stereocenters. The zero-order valence-electron chi connectivity index (χ0n) is 15.1. The highest BCUT2D eigenvalue weighted by atomic mass is 19.1. The maximum atomic E-state index is 13.2. The van der Waals surface area contributed by atoms with Gasteiger partial charge in [-0.15, -0.1) is 0 Å². The van der Waals surface area contributed by atoms with E-state index in [-0.39, 0.29) is 18.1 Å². The number of halogens is 1. The van der Waals surface area contributed by atoms with Gasteiger partial charge in [0.25, 0.3) is 5.91 Å². The largest absolute Gasteiger partial charge is 0.481 e. The van der Waals surface area contributed by atoms with E-state index in [4.69, 9.17) is 5.11 Å². The van der Waals surface area contributed by atoms with E-state index in [1.165, 1.54) is 12.1 Å². The Bertz CT molecular complexity index is 1030. The van der Waals surface area contributed by atoms with E-state index in [2.05, 4.69) is 5.32 Å². The van der Waals surface area contributed by atoms with Gasteiger partial charge in [-0.05, 0) is 47.0 Å². The minimum absolute atomic E-state index is 0.202. The van der Waals surface area contributed by atoms with Crippen molar-refractivity contribution in [3.05, 3.63) is 89.8 Å². The average Bonchev–Trinajstić information content (AvgIpc) is 2.67. The zero-order chi connectivity index (χ0) is 19.9. The lowest BCUT2D eigenvalue weighted by atomic mass is 10.0. The van der Waals surface area contributed by atoms with Crippen LogP contribution in [0.3, 0.4) is 0 Å². The molecule has 0 saturated heterocycles. The summed E-state index contributed by atoms with van der Waals surface area (Å²) in [5, 5.41) is 13.9. The number of carboxylic acids is 1. The first-order valence-electron chi connectivity index (χ1n) is 8.95. The number of carbonyl (C=O) groups is 2. The number of carbonyl (C=O) groups excluding carboxylic acids is 1. The minimum Gasteiger partial charge on any atom is -0.481 e. The summed E-state index contributed by atoms with van der Waals surface area (Å²) in [6, 6.07) is 18.6. The Hall–Kier alpha value is -3.47. The van der Waals surface area contributed by atoms with Crippen molar-refractivity contribution in [3.8, 4) is 0 Å². The number of rotatable bonds is 7. The van der Waals surface area contributed by atoms with Gasteiger partial charge in [-0.2, -0.15) is 0 Å². The molecule has 0 aliphatic heterocycles. The summed E-state index contributed by atoms with van der Waals surface area (Å²) in [6.07, 6.45) is 3.57. The summed E-state index contributed by atoms with van der Waals surface area (Å²) in [4.78, 5) is 23.7. The van der Waals surface area contributed by atoms with Crippen molar-refractivity contribution in [2.24, 2.45) is 0 Å². The molecule has 28 heavy (non-hydrogen) atoms. The van der Waals surface area contributed by atoms with Gasteiger partial charge in [0.2, 0.25) is 0 Å². The summed E-state index contributed by atoms with van der Waals surface area (Å²) >= 11 is 0. The first-order chi connectivity index (χ1) is 13.5. The predicted octanol–water partition coefficient (Wildman–Crippen LogP) is 4.66. The van der Waals surface area contributed by atoms with Crippen molar-refractivity contribution in [1.82, 2.24) is 5.32 Å². The molecule has 0 saturated carbocycles. The van der Waals surface area contributed by atoms with E-state index in [1.807, 2.05) is 30.3 Å². The zero-order valence-corrected chi connectivity index (χ0v) is 15.1. The molecule has 3 aromatic carbocycles. The molecule has 3 aromatic rings. The van der Waals surface area contributed by atoms with Crippen LogP contribution in [0.4, 0.5) is 4.39 Å². The third-order valence-electron chi connectivity index (χ3n) is 4.35. The van der Waals surface area contributed by atoms with E-state index in [0.29, 0.717) is 17.5 Å². The van der Waals surface area contributed by atoms with E-state index >= 15 is 0 Å². The first kappa shape index (κ1) is 19.3. The molecular formula is C23H20FNO3. The van der Waals surface area contributed by atoms with Crippen LogP contribution in [-0.4, -0.2) is 23.0 Å². The topological polar surface area (TPSA) is 66.4 Å². The molecule has 0 aliphatic rings. The van der Waals surface area contributed by atoms with Gasteiger partial charge < -0.3 is 10.4 Å². The molecule has 0 bridgehead atoms. The molecule has 0 heterocycles. The van der Waals surface area contributed by atoms with Crippen molar-refractivity contribution in [3.63, 3.8) is 0 Å². The number of carboxylic acid groups (broad SMARTS) is 1. The van der Waals surface area contributed by atoms with Crippen molar-refractivity contribution in [1.29, 1.82) is 0 Å². The molecule has 0 aromatic heterocycles. The first-order valence-corrected chi connectivity index (χ1v) is 8.95. The fourth-order valence-corrected chi connectivity index (χ4v) is 2.98. The van der Waals surface area contributed by atoms with Crippen LogP contribution in [0.25, 0.3) is 16.8 Å². The van der Waals surface area contributed by atoms with Crippen LogP contribution in [-0.2, 0) is 4.79 Å². The molecule has 142 valence electrons. The molecule has 0 aliphatic carbocycles. The normalized spacial score (nSPS) is 12.2. The van der Waals surface area contributed by atoms with Gasteiger partial charge in [0.1, 0.15) is 5.82 Å². The van der Waals surface area contributed by atoms with Crippen LogP contribution >= 0.6 is 0 Å². The van der Waals surface area contributed by atoms with Gasteiger partial charge in [0, 0.05) is 11.6 Å². The van der Waals surface area contributed by atoms with E-state index in [9.17, 15) is 14.0 Å². The van der Waals surface area contributed by atoms with Gasteiger partial charge in [0.15, 0.2) is 0 Å². The second-order valence-electron chi connectivity index (χ2n) is 6.52. The van der Waals surface area contributed by atoms with Crippen LogP contribution in [0.5, 0.6) is 0 Å². The third kappa shape index (κ3) is 5.27. The van der Waals surface area contributed by atoms with Gasteiger partial charge in [-0.25, -0.2) is 4.39 Å². The lowest BCUT2D eigenvalue weighted by molar-refractivity contribution is -0.137. The van der Waals surface area contributed by atoms with Crippen molar-refractivity contribution in [2.75, 3.05) is 0 Å². The summed E-state index contributed by atoms with van der Waals surface area (Å²) in [6.45, 7) is 0. The number of hydrogen-bond acceptors (Lipinski definition) is 2. The predicted molar refractivity (Wildman–Crippen MR) is 108 cm³/mol. The molecule has 5 heteroatoms. The van der Waals surface area contributed by atoms with E-state index < -0.39 is 12.0 Å². The minimum atomic E-state index is -0.997. The van der Waals surface area contributed by atoms with E-state index in [0.717, 1.165) is 10.8 Å². The van der Waals surface area contributed by atoms with Gasteiger partial charge in [-0.1, -0.05) is 54.6 Å². The van der Waals surface area contributed by atoms with Crippen LogP contribution in [0, 0.1) is 5.82 Å². The molecular weight excluding hydrogens is 357 g/mol. The number of aliphatic carboxylic acids is 1. The quantitative estimate of drug-likeness (QED) is 0.630. The Labute approximate surface area is 162 Å². The van der Waals surface area contributed by atoms with Crippen LogP contribution in [0.2, 0.25) is 0 Å². The summed E-state index contributed by atoms with van der Waals surface area (Å²) < 4.78 is 13.2. The Balaban J connectivity index is 1.70. The molecule has 1 amide bonds. The maximum absolute atomic E-state index is 13.2. The molecule has 1 atom stereocenters. The highest BCUT2D eigenvalue weighted by molar-refractivity contribution is 5.98. The SMILES string of the molecule is O=C(O)C[C@@H](C/C=C/c1cccc(F)c1)NC(=O)c1ccc2ccccc2c1. The van der Waals surface area contributed by atoms with Crippen molar-refractivity contribution < 1.29 is 19.1 Å². The number of fused-ring (bicyclic) bond motifs is 1. The van der Waals surface area contributed by atoms with Gasteiger partial charge >= 0.3 is 5.97 Å². The fourth-order valence-electron chi connectivity index (χ4n) is 2.98. The van der Waals surface area contributed by atoms with Gasteiger partial charge in [0.05, 0.1) is 6.42 Å². The monoisotopic (exact) mass is 377 g/mol. The van der Waals surface area contributed by atoms with Gasteiger partial charge in [-0.3, -0.25) is 9.59 Å². The fraction of sp³-hybridized carbons (Fsp3) is 0.130. The number of amides is 1. The summed E-state index contributed by atoms with van der Waals surface area (Å²) in [5.74, 6) is -1.66. The lowest BCUT2D eigenvalue weighted by Gasteiger charge is -2.15. The Morgan fingerprint density at radius 2 is 1.79 bits per heavy atom. The smallest absolute Gasteiger partial charge is 0.305 e. The number of nitrogens with one attached hydrogen (secondary N) is 1. The molecule has 2 N–H and O–H groups in total. The molecule has 0 radical (unpaired) electrons. The Kier molecular flexibility index (Phi) is 6.17. The van der Waals surface area contributed by atoms with E-state index in [1.54, 1.807) is 36.4 Å². The van der Waals surface area contributed by atoms with Crippen molar-refractivity contribution in [2.45, 2.75) is 18.9 Å². The van der Waals surface area contributed by atoms with Crippen molar-refractivity contribution >= 4 is 28.7 Å². The van der Waals surface area contributed by atoms with Crippen LogP contribution in [0.1, 0.15) is 28.8 Å². The van der Waals surface area contributed by atoms with Crippen LogP contribution < -0.4 is 5.32 Å². The maximum Gasteiger partial charge on any atom is 0.305 e. The molecule has 0 spiro atoms. The lowest BCUT2D eigenvalue weighted by Crippen LogP contribution is -2.36. The second kappa shape index (κ2) is 8.95. The molecule has 0 fully saturated rings. The molecule has 3 rings (SSSR count). The standard InChI is InChI=1S/C23H20FNO3/c24-20-9-3-5-16(13-20)6-4-10-21(15-22(26)27)25-23(28)19-12-11-17-7-1-2-8-18(17)14-19/h1-9,11-14,21H,10,15H2,(H,25,28)(H,26,27)/b6-4+/t21-/m1/s1. The number of hydrogen-bond donors (Lipinski definition) is 2. The highest BCUT2D eigenvalue weighted by Crippen LogP contribution is 2.16. The average molecular weight is 377 g/mol. The highest BCUT2D eigenvalue weighted by Gasteiger charge is 2.16. The number of benzene rings is 3. The second-order valence-corrected chi connectivity index (χ2v) is 6.52. The Morgan fingerprint density at radius 3 is 2.54 bits per heavy atom. The third-order valence-corrected chi connectivity index (χ3v) is 4.35. The Morgan fingerprint density at radius 1 is 1.00 bits per heavy atom. The molecule has 4 nitrogen and oxygen atoms in total. The summed E-state index contributed by atoms with van der Waals surface area (Å²) in [7, 11) is 0.